The van der Waals surface area contributed by atoms with Crippen LogP contribution in [-0.2, 0) is 21.7 Å². The lowest BCUT2D eigenvalue weighted by atomic mass is 9.89. The number of aromatic nitrogens is 4. The van der Waals surface area contributed by atoms with E-state index in [1.54, 1.807) is 0 Å². The number of ether oxygens (including phenoxy) is 1. The van der Waals surface area contributed by atoms with Crippen LogP contribution in [0.2, 0.25) is 0 Å². The highest BCUT2D eigenvalue weighted by atomic mass is 32.2. The highest BCUT2D eigenvalue weighted by molar-refractivity contribution is 7.85. The number of H-pyrrole nitrogens is 1. The van der Waals surface area contributed by atoms with Crippen molar-refractivity contribution >= 4 is 21.2 Å². The molecule has 0 fully saturated rings. The molecule has 4 rings (SSSR count). The van der Waals surface area contributed by atoms with Crippen molar-refractivity contribution in [3.05, 3.63) is 47.2 Å². The molecule has 0 bridgehead atoms. The molecule has 0 saturated heterocycles. The molecular formula is C23H22F3N5O5S. The lowest BCUT2D eigenvalue weighted by Gasteiger charge is -2.13. The maximum atomic E-state index is 13.5. The van der Waals surface area contributed by atoms with Crippen LogP contribution in [0.5, 0.6) is 5.88 Å². The molecule has 0 atom stereocenters. The maximum Gasteiger partial charge on any atom is 0.417 e. The average molecular weight is 538 g/mol. The van der Waals surface area contributed by atoms with Crippen LogP contribution in [0.4, 0.5) is 13.2 Å². The van der Waals surface area contributed by atoms with E-state index in [9.17, 15) is 26.9 Å². The lowest BCUT2D eigenvalue weighted by molar-refractivity contribution is -0.137. The number of halogens is 3. The summed E-state index contributed by atoms with van der Waals surface area (Å²) >= 11 is 0. The quantitative estimate of drug-likeness (QED) is 0.344. The first kappa shape index (κ1) is 27.6. The molecule has 0 aliphatic rings. The Morgan fingerprint density at radius 1 is 1.16 bits per heavy atom. The molecule has 0 aliphatic heterocycles. The Morgan fingerprint density at radius 2 is 1.78 bits per heavy atom. The summed E-state index contributed by atoms with van der Waals surface area (Å²) in [4.78, 5) is 11.7. The van der Waals surface area contributed by atoms with E-state index >= 15 is 0 Å². The molecule has 2 N–H and O–H groups in total. The molecule has 37 heavy (non-hydrogen) atoms. The van der Waals surface area contributed by atoms with Crippen molar-refractivity contribution in [2.24, 2.45) is 0 Å². The van der Waals surface area contributed by atoms with Crippen LogP contribution in [0.15, 0.2) is 34.9 Å². The number of rotatable bonds is 3. The Morgan fingerprint density at radius 3 is 2.32 bits per heavy atom. The van der Waals surface area contributed by atoms with Crippen molar-refractivity contribution in [3.63, 3.8) is 0 Å². The zero-order chi connectivity index (χ0) is 27.8. The number of hydrogen-bond acceptors (Lipinski definition) is 8. The van der Waals surface area contributed by atoms with Gasteiger partial charge >= 0.3 is 6.18 Å². The molecule has 3 heterocycles. The minimum absolute atomic E-state index is 0.0334. The van der Waals surface area contributed by atoms with Crippen LogP contribution in [-0.4, -0.2) is 46.4 Å². The number of nitriles is 1. The number of benzene rings is 1. The molecule has 3 aromatic heterocycles. The average Bonchev–Trinajstić information content (AvgIpc) is 3.40. The molecule has 0 spiro atoms. The molecule has 10 nitrogen and oxygen atoms in total. The second kappa shape index (κ2) is 9.83. The zero-order valence-corrected chi connectivity index (χ0v) is 21.1. The summed E-state index contributed by atoms with van der Waals surface area (Å²) in [6, 6.07) is 8.70. The number of imidazole rings is 1. The lowest BCUT2D eigenvalue weighted by Crippen LogP contribution is -2.13. The maximum absolute atomic E-state index is 13.5. The van der Waals surface area contributed by atoms with Gasteiger partial charge in [0.15, 0.2) is 11.3 Å². The van der Waals surface area contributed by atoms with E-state index in [0.29, 0.717) is 17.5 Å². The van der Waals surface area contributed by atoms with Gasteiger partial charge in [0.25, 0.3) is 10.1 Å². The second-order valence-electron chi connectivity index (χ2n) is 8.87. The largest absolute Gasteiger partial charge is 0.479 e. The predicted molar refractivity (Wildman–Crippen MR) is 127 cm³/mol. The summed E-state index contributed by atoms with van der Waals surface area (Å²) < 4.78 is 77.1. The number of nitrogens with one attached hydrogen (secondary N) is 1. The van der Waals surface area contributed by atoms with Crippen molar-refractivity contribution in [1.29, 1.82) is 5.26 Å². The first-order chi connectivity index (χ1) is 17.0. The van der Waals surface area contributed by atoms with Crippen molar-refractivity contribution in [1.82, 2.24) is 20.1 Å². The van der Waals surface area contributed by atoms with Gasteiger partial charge in [-0.2, -0.15) is 26.9 Å². The zero-order valence-electron chi connectivity index (χ0n) is 20.3. The van der Waals surface area contributed by atoms with E-state index in [1.165, 1.54) is 31.4 Å². The van der Waals surface area contributed by atoms with Gasteiger partial charge in [-0.25, -0.2) is 9.97 Å². The molecule has 14 heteroatoms. The van der Waals surface area contributed by atoms with Gasteiger partial charge in [-0.1, -0.05) is 44.1 Å². The van der Waals surface area contributed by atoms with Crippen LogP contribution < -0.4 is 4.74 Å². The standard InChI is InChI=1S/C22H18F3N5O2.CH4O3S/c1-21(2,3)18-12(10-26)17(32-30-18)19-27-15-9-14(28-20(31-4)16(15)29-19)11-7-5-6-8-13(11)22(23,24)25;1-5(2,3)4/h5-9H,1-4H3,(H,27,29);1H3,(H,2,3,4). The van der Waals surface area contributed by atoms with Gasteiger partial charge in [-0.05, 0) is 12.1 Å². The van der Waals surface area contributed by atoms with Crippen molar-refractivity contribution in [2.75, 3.05) is 13.4 Å². The van der Waals surface area contributed by atoms with Crippen LogP contribution in [0, 0.1) is 11.3 Å². The topological polar surface area (TPSA) is 155 Å². The number of nitrogens with zero attached hydrogens (tertiary/aromatic N) is 4. The van der Waals surface area contributed by atoms with Crippen molar-refractivity contribution in [2.45, 2.75) is 32.4 Å². The van der Waals surface area contributed by atoms with Gasteiger partial charge in [0, 0.05) is 11.0 Å². The first-order valence-corrected chi connectivity index (χ1v) is 12.3. The number of fused-ring (bicyclic) bond motifs is 1. The summed E-state index contributed by atoms with van der Waals surface area (Å²) in [7, 11) is -2.32. The Hall–Kier alpha value is -3.96. The fraction of sp³-hybridized carbons (Fsp3) is 0.304. The highest BCUT2D eigenvalue weighted by Gasteiger charge is 2.34. The molecular weight excluding hydrogens is 515 g/mol. The van der Waals surface area contributed by atoms with E-state index in [2.05, 4.69) is 26.2 Å². The number of aromatic amines is 1. The monoisotopic (exact) mass is 537 g/mol. The predicted octanol–water partition coefficient (Wildman–Crippen LogP) is 4.98. The van der Waals surface area contributed by atoms with Gasteiger partial charge < -0.3 is 14.2 Å². The van der Waals surface area contributed by atoms with Crippen LogP contribution in [0.1, 0.15) is 37.6 Å². The molecule has 4 aromatic rings. The molecule has 196 valence electrons. The Balaban J connectivity index is 0.000000695. The van der Waals surface area contributed by atoms with E-state index in [4.69, 9.17) is 13.8 Å². The summed E-state index contributed by atoms with van der Waals surface area (Å²) in [5.74, 6) is 0.361. The normalized spacial score (nSPS) is 12.1. The number of hydrogen-bond donors (Lipinski definition) is 2. The molecule has 0 radical (unpaired) electrons. The van der Waals surface area contributed by atoms with Gasteiger partial charge in [-0.15, -0.1) is 0 Å². The Bertz CT molecular complexity index is 1590. The van der Waals surface area contributed by atoms with E-state index < -0.39 is 27.3 Å². The van der Waals surface area contributed by atoms with E-state index in [0.717, 1.165) is 6.07 Å². The third kappa shape index (κ3) is 6.25. The van der Waals surface area contributed by atoms with Gasteiger partial charge in [0.2, 0.25) is 11.6 Å². The summed E-state index contributed by atoms with van der Waals surface area (Å²) in [5, 5.41) is 13.7. The molecule has 0 unspecified atom stereocenters. The first-order valence-electron chi connectivity index (χ1n) is 10.5. The third-order valence-corrected chi connectivity index (χ3v) is 4.87. The Kier molecular flexibility index (Phi) is 7.34. The molecule has 0 aliphatic carbocycles. The summed E-state index contributed by atoms with van der Waals surface area (Å²) in [5.41, 5.74) is 0.0726. The minimum atomic E-state index is -4.55. The number of methoxy groups -OCH3 is 1. The third-order valence-electron chi connectivity index (χ3n) is 4.87. The fourth-order valence-electron chi connectivity index (χ4n) is 3.39. The van der Waals surface area contributed by atoms with E-state index in [1.807, 2.05) is 20.8 Å². The number of alkyl halides is 3. The second-order valence-corrected chi connectivity index (χ2v) is 10.3. The van der Waals surface area contributed by atoms with Gasteiger partial charge in [0.1, 0.15) is 17.3 Å². The Labute approximate surface area is 209 Å². The minimum Gasteiger partial charge on any atom is -0.479 e. The van der Waals surface area contributed by atoms with Crippen molar-refractivity contribution < 1.29 is 35.4 Å². The molecule has 0 amide bonds. The number of pyridine rings is 1. The SMILES string of the molecule is COc1nc(-c2ccccc2C(F)(F)F)cc2[nH]c(-c3onc(C(C)(C)C)c3C#N)nc12.CS(=O)(=O)O. The molecule has 1 aromatic carbocycles. The van der Waals surface area contributed by atoms with Crippen molar-refractivity contribution in [3.8, 4) is 34.8 Å². The van der Waals surface area contributed by atoms with Gasteiger partial charge in [-0.3, -0.25) is 4.55 Å². The van der Waals surface area contributed by atoms with Crippen LogP contribution in [0.25, 0.3) is 33.9 Å². The van der Waals surface area contributed by atoms with Crippen LogP contribution >= 0.6 is 0 Å². The van der Waals surface area contributed by atoms with Crippen LogP contribution in [0.3, 0.4) is 0 Å². The van der Waals surface area contributed by atoms with Gasteiger partial charge in [0.05, 0.1) is 30.1 Å². The smallest absolute Gasteiger partial charge is 0.417 e. The molecule has 0 saturated carbocycles. The summed E-state index contributed by atoms with van der Waals surface area (Å²) in [6.45, 7) is 5.68. The summed E-state index contributed by atoms with van der Waals surface area (Å²) in [6.07, 6.45) is -3.84. The fourth-order valence-corrected chi connectivity index (χ4v) is 3.39. The highest BCUT2D eigenvalue weighted by Crippen LogP contribution is 2.39. The van der Waals surface area contributed by atoms with E-state index in [-0.39, 0.29) is 39.8 Å².